The summed E-state index contributed by atoms with van der Waals surface area (Å²) in [5.41, 5.74) is 8.23. The highest BCUT2D eigenvalue weighted by atomic mass is 16.3. The third kappa shape index (κ3) is 5.07. The molecule has 0 unspecified atom stereocenters. The summed E-state index contributed by atoms with van der Waals surface area (Å²) in [6.45, 7) is 4.48. The Labute approximate surface area is 350 Å². The first kappa shape index (κ1) is 38.0. The van der Waals surface area contributed by atoms with Gasteiger partial charge in [-0.3, -0.25) is 0 Å². The van der Waals surface area contributed by atoms with E-state index in [1.807, 2.05) is 24.3 Å². The topological polar surface area (TPSA) is 13.1 Å². The molecule has 1 heterocycles. The van der Waals surface area contributed by atoms with E-state index in [0.717, 1.165) is 16.5 Å². The van der Waals surface area contributed by atoms with Gasteiger partial charge in [-0.15, -0.1) is 38.2 Å². The summed E-state index contributed by atoms with van der Waals surface area (Å²) in [6, 6.07) is 22.5. The Balaban J connectivity index is 1.41. The zero-order valence-corrected chi connectivity index (χ0v) is 31.3. The maximum Gasteiger partial charge on any atom is 0.136 e. The van der Waals surface area contributed by atoms with E-state index in [-0.39, 0.29) is 87.6 Å². The van der Waals surface area contributed by atoms with Crippen LogP contribution in [-0.4, -0.2) is 102 Å². The molecule has 234 valence electrons. The van der Waals surface area contributed by atoms with Crippen LogP contribution in [0.15, 0.2) is 71.1 Å². The second-order valence-electron chi connectivity index (χ2n) is 15.3. The quantitative estimate of drug-likeness (QED) is 0.138. The van der Waals surface area contributed by atoms with E-state index in [2.05, 4.69) is 56.3 Å². The van der Waals surface area contributed by atoms with Crippen molar-refractivity contribution in [2.45, 2.75) is 19.3 Å². The zero-order valence-electron chi connectivity index (χ0n) is 31.3. The summed E-state index contributed by atoms with van der Waals surface area (Å²) >= 11 is 0. The van der Waals surface area contributed by atoms with E-state index in [1.54, 1.807) is 0 Å². The molecule has 0 saturated carbocycles. The van der Waals surface area contributed by atoms with Crippen molar-refractivity contribution in [3.63, 3.8) is 0 Å². The maximum absolute atomic E-state index is 6.95. The molecular formula is C43H17B13O. The summed E-state index contributed by atoms with van der Waals surface area (Å²) in [4.78, 5) is 0. The fraction of sp³-hybridized carbons (Fsp3) is 0.0698. The highest BCUT2D eigenvalue weighted by Gasteiger charge is 2.37. The van der Waals surface area contributed by atoms with Crippen molar-refractivity contribution >= 4 is 206 Å². The van der Waals surface area contributed by atoms with Crippen molar-refractivity contribution in [3.05, 3.63) is 77.9 Å². The van der Waals surface area contributed by atoms with E-state index >= 15 is 0 Å². The molecule has 8 aromatic rings. The zero-order chi connectivity index (χ0) is 40.7. The first-order valence-corrected chi connectivity index (χ1v) is 18.0. The molecule has 0 fully saturated rings. The molecule has 26 radical (unpaired) electrons. The Hall–Kier alpha value is -4.56. The second kappa shape index (κ2) is 13.0. The van der Waals surface area contributed by atoms with Crippen molar-refractivity contribution in [2.75, 3.05) is 0 Å². The average Bonchev–Trinajstić information content (AvgIpc) is 3.74. The molecule has 57 heavy (non-hydrogen) atoms. The Kier molecular flexibility index (Phi) is 8.65. The lowest BCUT2D eigenvalue weighted by Gasteiger charge is -2.31. The van der Waals surface area contributed by atoms with Crippen molar-refractivity contribution in [1.29, 1.82) is 0 Å². The van der Waals surface area contributed by atoms with Crippen LogP contribution in [0.1, 0.15) is 25.0 Å². The summed E-state index contributed by atoms with van der Waals surface area (Å²) in [5, 5.41) is 2.12. The summed E-state index contributed by atoms with van der Waals surface area (Å²) < 4.78 is 6.59. The number of benzene rings is 7. The third-order valence-electron chi connectivity index (χ3n) is 11.9. The lowest BCUT2D eigenvalue weighted by atomic mass is 9.56. The highest BCUT2D eigenvalue weighted by Crippen LogP contribution is 2.52. The predicted molar refractivity (Wildman–Crippen MR) is 255 cm³/mol. The van der Waals surface area contributed by atoms with Gasteiger partial charge in [-0.05, 0) is 84.3 Å². The average molecular weight is 690 g/mol. The monoisotopic (exact) mass is 692 g/mol. The predicted octanol–water partition coefficient (Wildman–Crippen LogP) is -3.63. The van der Waals surface area contributed by atoms with Gasteiger partial charge < -0.3 is 4.42 Å². The lowest BCUT2D eigenvalue weighted by molar-refractivity contribution is 0.631. The first-order valence-electron chi connectivity index (χ1n) is 18.0. The van der Waals surface area contributed by atoms with Gasteiger partial charge in [0.1, 0.15) is 113 Å². The molecule has 9 rings (SSSR count). The van der Waals surface area contributed by atoms with Gasteiger partial charge in [0.2, 0.25) is 0 Å². The highest BCUT2D eigenvalue weighted by molar-refractivity contribution is 6.73. The van der Waals surface area contributed by atoms with E-state index in [9.17, 15) is 0 Å². The number of rotatable bonds is 3. The minimum atomic E-state index is -0.186. The fourth-order valence-electron chi connectivity index (χ4n) is 8.90. The van der Waals surface area contributed by atoms with Crippen LogP contribution in [0.25, 0.3) is 77.2 Å². The molecule has 0 saturated heterocycles. The van der Waals surface area contributed by atoms with Gasteiger partial charge >= 0.3 is 0 Å². The van der Waals surface area contributed by atoms with Crippen LogP contribution in [0.2, 0.25) is 0 Å². The van der Waals surface area contributed by atoms with Crippen LogP contribution in [0.5, 0.6) is 0 Å². The Morgan fingerprint density at radius 3 is 1.40 bits per heavy atom. The largest absolute Gasteiger partial charge is 0.456 e. The molecule has 1 aliphatic rings. The normalized spacial score (nSPS) is 13.1. The molecular weight excluding hydrogens is 673 g/mol. The van der Waals surface area contributed by atoms with Crippen molar-refractivity contribution in [3.8, 4) is 44.7 Å². The minimum absolute atomic E-state index is 0.00189. The minimum Gasteiger partial charge on any atom is -0.456 e. The fourth-order valence-corrected chi connectivity index (χ4v) is 8.90. The first-order chi connectivity index (χ1) is 27.0. The van der Waals surface area contributed by atoms with Gasteiger partial charge in [0.05, 0.1) is 0 Å². The van der Waals surface area contributed by atoms with Crippen LogP contribution in [-0.2, 0) is 5.41 Å². The standard InChI is InChI=1S/C43H17B13O/c1-43(2)18-8-4-3-6-16(18)23-17(7-5-9-19(23)43)21-13-15-12-14(10-11-20(15)57-21)22-25-27(32(46)38(52)36(50)30(25)44)24(28-26(22)31(45)37(51)39(53)33(28)47)29-34(48)40(54)42(56)41(55)35(29)49/h3-13H,1-2H3. The van der Waals surface area contributed by atoms with Gasteiger partial charge in [0, 0.05) is 16.4 Å². The van der Waals surface area contributed by atoms with Gasteiger partial charge in [-0.25, -0.2) is 0 Å². The molecule has 14 heteroatoms. The maximum atomic E-state index is 6.95. The van der Waals surface area contributed by atoms with Gasteiger partial charge in [-0.1, -0.05) is 95.2 Å². The molecule has 1 aliphatic carbocycles. The van der Waals surface area contributed by atoms with Crippen molar-refractivity contribution in [2.24, 2.45) is 0 Å². The third-order valence-corrected chi connectivity index (χ3v) is 11.9. The lowest BCUT2D eigenvalue weighted by Crippen LogP contribution is -2.55. The number of fused-ring (bicyclic) bond motifs is 6. The summed E-state index contributed by atoms with van der Waals surface area (Å²) in [7, 11) is 86.4. The molecule has 1 nitrogen and oxygen atoms in total. The van der Waals surface area contributed by atoms with Crippen molar-refractivity contribution < 1.29 is 4.42 Å². The van der Waals surface area contributed by atoms with Crippen LogP contribution >= 0.6 is 0 Å². The molecule has 0 N–H and O–H groups in total. The molecule has 0 aliphatic heterocycles. The van der Waals surface area contributed by atoms with E-state index in [1.165, 1.54) is 16.7 Å². The van der Waals surface area contributed by atoms with Crippen molar-refractivity contribution in [1.82, 2.24) is 0 Å². The smallest absolute Gasteiger partial charge is 0.136 e. The second-order valence-corrected chi connectivity index (χ2v) is 15.3. The molecule has 0 bridgehead atoms. The molecule has 1 aromatic heterocycles. The molecule has 0 spiro atoms. The number of hydrogen-bond donors (Lipinski definition) is 0. The molecule has 0 amide bonds. The van der Waals surface area contributed by atoms with E-state index in [0.29, 0.717) is 44.0 Å². The van der Waals surface area contributed by atoms with E-state index < -0.39 is 0 Å². The molecule has 7 aromatic carbocycles. The van der Waals surface area contributed by atoms with Gasteiger partial charge in [0.15, 0.2) is 0 Å². The van der Waals surface area contributed by atoms with Gasteiger partial charge in [0.25, 0.3) is 0 Å². The van der Waals surface area contributed by atoms with Crippen LogP contribution in [0.3, 0.4) is 0 Å². The summed E-state index contributed by atoms with van der Waals surface area (Å²) in [5.74, 6) is 0.697. The SMILES string of the molecule is [B]c1c([B])c([B])c(-c2c3c([B])c([B])c([B])c([B])c3c(-c3ccc4oc(-c5cccc6c5-c5ccccc5C6(C)C)cc4c3)c3c([B])c([B])c([B])c([B])c23)c([B])c1[B]. The van der Waals surface area contributed by atoms with E-state index in [4.69, 9.17) is 106 Å². The number of hydrogen-bond acceptors (Lipinski definition) is 1. The Morgan fingerprint density at radius 2 is 0.842 bits per heavy atom. The van der Waals surface area contributed by atoms with Crippen LogP contribution in [0, 0.1) is 0 Å². The van der Waals surface area contributed by atoms with Gasteiger partial charge in [-0.2, -0.15) is 0 Å². The number of furan rings is 1. The van der Waals surface area contributed by atoms with Crippen LogP contribution in [0.4, 0.5) is 0 Å². The molecule has 0 atom stereocenters. The van der Waals surface area contributed by atoms with Crippen LogP contribution < -0.4 is 71.0 Å². The Morgan fingerprint density at radius 1 is 0.386 bits per heavy atom. The summed E-state index contributed by atoms with van der Waals surface area (Å²) in [6.07, 6.45) is 0. The Bertz CT molecular complexity index is 3030.